The second-order valence-electron chi connectivity index (χ2n) is 5.51. The van der Waals surface area contributed by atoms with Gasteiger partial charge in [-0.3, -0.25) is 9.59 Å². The lowest BCUT2D eigenvalue weighted by atomic mass is 10.0. The molecule has 0 saturated carbocycles. The molecule has 2 atom stereocenters. The molecule has 0 radical (unpaired) electrons. The van der Waals surface area contributed by atoms with Crippen molar-refractivity contribution in [3.8, 4) is 0 Å². The van der Waals surface area contributed by atoms with Crippen molar-refractivity contribution in [1.29, 1.82) is 0 Å². The quantitative estimate of drug-likeness (QED) is 0.880. The minimum Gasteiger partial charge on any atom is -0.393 e. The number of aromatic nitrogens is 1. The van der Waals surface area contributed by atoms with Gasteiger partial charge in [-0.05, 0) is 26.2 Å². The van der Waals surface area contributed by atoms with Crippen LogP contribution in [0.25, 0.3) is 0 Å². The van der Waals surface area contributed by atoms with Crippen molar-refractivity contribution in [1.82, 2.24) is 9.88 Å². The van der Waals surface area contributed by atoms with E-state index in [0.29, 0.717) is 13.0 Å². The van der Waals surface area contributed by atoms with Gasteiger partial charge in [0, 0.05) is 31.0 Å². The smallest absolute Gasteiger partial charge is 0.259 e. The molecule has 0 aromatic carbocycles. The fourth-order valence-electron chi connectivity index (χ4n) is 2.82. The molecule has 1 fully saturated rings. The van der Waals surface area contributed by atoms with E-state index < -0.39 is 6.10 Å². The summed E-state index contributed by atoms with van der Waals surface area (Å²) in [6.45, 7) is 2.40. The van der Waals surface area contributed by atoms with E-state index in [4.69, 9.17) is 0 Å². The summed E-state index contributed by atoms with van der Waals surface area (Å²) < 4.78 is 0. The molecule has 1 amide bonds. The summed E-state index contributed by atoms with van der Waals surface area (Å²) in [6, 6.07) is 1.39. The number of nitrogens with one attached hydrogen (secondary N) is 1. The van der Waals surface area contributed by atoms with Gasteiger partial charge < -0.3 is 15.0 Å². The minimum absolute atomic E-state index is 0.0182. The van der Waals surface area contributed by atoms with Crippen molar-refractivity contribution in [2.75, 3.05) is 6.54 Å². The van der Waals surface area contributed by atoms with E-state index in [2.05, 4.69) is 4.98 Å². The van der Waals surface area contributed by atoms with Crippen molar-refractivity contribution in [3.05, 3.63) is 34.2 Å². The number of H-pyrrole nitrogens is 1. The minimum atomic E-state index is -0.442. The number of aliphatic hydroxyl groups excluding tert-OH is 1. The molecule has 5 heteroatoms. The number of nitrogens with zero attached hydrogens (tertiary/aromatic N) is 1. The molecule has 2 N–H and O–H groups in total. The first-order valence-electron chi connectivity index (χ1n) is 7.25. The van der Waals surface area contributed by atoms with Crippen LogP contribution < -0.4 is 5.43 Å². The van der Waals surface area contributed by atoms with Gasteiger partial charge in [-0.15, -0.1) is 0 Å². The monoisotopic (exact) mass is 278 g/mol. The van der Waals surface area contributed by atoms with Crippen molar-refractivity contribution < 1.29 is 9.90 Å². The Morgan fingerprint density at radius 1 is 1.50 bits per heavy atom. The predicted molar refractivity (Wildman–Crippen MR) is 76.7 cm³/mol. The zero-order valence-corrected chi connectivity index (χ0v) is 11.8. The van der Waals surface area contributed by atoms with Gasteiger partial charge in [-0.1, -0.05) is 12.8 Å². The number of aliphatic hydroxyl groups is 1. The van der Waals surface area contributed by atoms with Gasteiger partial charge in [-0.25, -0.2) is 0 Å². The molecule has 2 heterocycles. The van der Waals surface area contributed by atoms with E-state index in [-0.39, 0.29) is 22.9 Å². The van der Waals surface area contributed by atoms with Crippen LogP contribution in [0.1, 0.15) is 49.4 Å². The number of hydrogen-bond acceptors (Lipinski definition) is 3. The van der Waals surface area contributed by atoms with Crippen LogP contribution >= 0.6 is 0 Å². The molecule has 1 aromatic rings. The normalized spacial score (nSPS) is 21.3. The Morgan fingerprint density at radius 3 is 3.00 bits per heavy atom. The standard InChI is InChI=1S/C15H22N2O3/c1-11(18)9-12-5-3-2-4-8-17(12)15(20)13-10-16-7-6-14(13)19/h6-7,10-12,18H,2-5,8-9H2,1H3,(H,16,19). The van der Waals surface area contributed by atoms with E-state index in [1.54, 1.807) is 11.8 Å². The van der Waals surface area contributed by atoms with Crippen molar-refractivity contribution in [2.24, 2.45) is 0 Å². The Kier molecular flexibility index (Phi) is 4.95. The van der Waals surface area contributed by atoms with E-state index in [9.17, 15) is 14.7 Å². The molecular weight excluding hydrogens is 256 g/mol. The average Bonchev–Trinajstić information content (AvgIpc) is 2.63. The van der Waals surface area contributed by atoms with E-state index in [0.717, 1.165) is 25.7 Å². The van der Waals surface area contributed by atoms with E-state index >= 15 is 0 Å². The van der Waals surface area contributed by atoms with Crippen LogP contribution in [0.3, 0.4) is 0 Å². The number of carbonyl (C=O) groups is 1. The maximum atomic E-state index is 12.6. The second-order valence-corrected chi connectivity index (χ2v) is 5.51. The molecule has 1 aliphatic rings. The maximum Gasteiger partial charge on any atom is 0.259 e. The molecule has 0 aliphatic carbocycles. The third-order valence-electron chi connectivity index (χ3n) is 3.81. The van der Waals surface area contributed by atoms with Gasteiger partial charge in [0.1, 0.15) is 5.56 Å². The van der Waals surface area contributed by atoms with Crippen LogP contribution in [0, 0.1) is 0 Å². The van der Waals surface area contributed by atoms with Gasteiger partial charge in [-0.2, -0.15) is 0 Å². The van der Waals surface area contributed by atoms with Crippen LogP contribution in [-0.2, 0) is 0 Å². The number of rotatable bonds is 3. The first-order valence-corrected chi connectivity index (χ1v) is 7.25. The molecule has 1 saturated heterocycles. The van der Waals surface area contributed by atoms with Crippen LogP contribution in [-0.4, -0.2) is 39.6 Å². The number of amides is 1. The highest BCUT2D eigenvalue weighted by molar-refractivity contribution is 5.94. The second kappa shape index (κ2) is 6.70. The molecule has 2 rings (SSSR count). The fourth-order valence-corrected chi connectivity index (χ4v) is 2.82. The van der Waals surface area contributed by atoms with Gasteiger partial charge in [0.25, 0.3) is 5.91 Å². The highest BCUT2D eigenvalue weighted by Crippen LogP contribution is 2.21. The summed E-state index contributed by atoms with van der Waals surface area (Å²) in [5.41, 5.74) is -0.0706. The molecule has 5 nitrogen and oxygen atoms in total. The highest BCUT2D eigenvalue weighted by atomic mass is 16.3. The predicted octanol–water partition coefficient (Wildman–Crippen LogP) is 1.53. The van der Waals surface area contributed by atoms with Gasteiger partial charge >= 0.3 is 0 Å². The summed E-state index contributed by atoms with van der Waals surface area (Å²) in [7, 11) is 0. The molecule has 2 unspecified atom stereocenters. The fraction of sp³-hybridized carbons (Fsp3) is 0.600. The first-order chi connectivity index (χ1) is 9.59. The molecule has 0 spiro atoms. The summed E-state index contributed by atoms with van der Waals surface area (Å²) >= 11 is 0. The van der Waals surface area contributed by atoms with Crippen LogP contribution in [0.2, 0.25) is 0 Å². The summed E-state index contributed by atoms with van der Waals surface area (Å²) in [4.78, 5) is 29.0. The summed E-state index contributed by atoms with van der Waals surface area (Å²) in [5.74, 6) is -0.223. The molecule has 0 bridgehead atoms. The van der Waals surface area contributed by atoms with Crippen LogP contribution in [0.4, 0.5) is 0 Å². The van der Waals surface area contributed by atoms with E-state index in [1.807, 2.05) is 0 Å². The zero-order valence-electron chi connectivity index (χ0n) is 11.8. The Balaban J connectivity index is 2.24. The lowest BCUT2D eigenvalue weighted by Gasteiger charge is -2.30. The van der Waals surface area contributed by atoms with Crippen molar-refractivity contribution in [2.45, 2.75) is 51.2 Å². The van der Waals surface area contributed by atoms with Crippen LogP contribution in [0.5, 0.6) is 0 Å². The first kappa shape index (κ1) is 14.8. The van der Waals surface area contributed by atoms with Crippen LogP contribution in [0.15, 0.2) is 23.3 Å². The molecule has 20 heavy (non-hydrogen) atoms. The molecular formula is C15H22N2O3. The third kappa shape index (κ3) is 3.48. The Labute approximate surface area is 118 Å². The lowest BCUT2D eigenvalue weighted by molar-refractivity contribution is 0.0605. The largest absolute Gasteiger partial charge is 0.393 e. The SMILES string of the molecule is CC(O)CC1CCCCCN1C(=O)c1c[nH]ccc1=O. The van der Waals surface area contributed by atoms with Gasteiger partial charge in [0.2, 0.25) is 0 Å². The topological polar surface area (TPSA) is 73.4 Å². The number of pyridine rings is 1. The maximum absolute atomic E-state index is 12.6. The van der Waals surface area contributed by atoms with Crippen molar-refractivity contribution in [3.63, 3.8) is 0 Å². The van der Waals surface area contributed by atoms with Crippen molar-refractivity contribution >= 4 is 5.91 Å². The molecule has 1 aromatic heterocycles. The number of likely N-dealkylation sites (tertiary alicyclic amines) is 1. The summed E-state index contributed by atoms with van der Waals surface area (Å²) in [6.07, 6.45) is 7.11. The Bertz CT molecular complexity index is 510. The van der Waals surface area contributed by atoms with Gasteiger partial charge in [0.05, 0.1) is 6.10 Å². The van der Waals surface area contributed by atoms with Gasteiger partial charge in [0.15, 0.2) is 5.43 Å². The molecule has 1 aliphatic heterocycles. The zero-order chi connectivity index (χ0) is 14.5. The lowest BCUT2D eigenvalue weighted by Crippen LogP contribution is -2.43. The van der Waals surface area contributed by atoms with E-state index in [1.165, 1.54) is 18.5 Å². The Hall–Kier alpha value is -1.62. The third-order valence-corrected chi connectivity index (χ3v) is 3.81. The number of aromatic amines is 1. The average molecular weight is 278 g/mol. The number of carbonyl (C=O) groups excluding carboxylic acids is 1. The Morgan fingerprint density at radius 2 is 2.30 bits per heavy atom. The summed E-state index contributed by atoms with van der Waals surface area (Å²) in [5, 5.41) is 9.62. The highest BCUT2D eigenvalue weighted by Gasteiger charge is 2.28. The number of hydrogen-bond donors (Lipinski definition) is 2. The molecule has 110 valence electrons.